The Morgan fingerprint density at radius 2 is 0.968 bits per heavy atom. The average Bonchev–Trinajstić information content (AvgIpc) is 2.78. The Morgan fingerprint density at radius 1 is 0.548 bits per heavy atom. The van der Waals surface area contributed by atoms with Gasteiger partial charge in [0.15, 0.2) is 0 Å². The second-order valence-electron chi connectivity index (χ2n) is 9.89. The van der Waals surface area contributed by atoms with Crippen LogP contribution in [0.4, 0.5) is 0 Å². The number of ether oxygens (including phenoxy) is 1. The fraction of sp³-hybridized carbons (Fsp3) is 0.966. The molecule has 0 heterocycles. The van der Waals surface area contributed by atoms with Gasteiger partial charge in [0.2, 0.25) is 0 Å². The van der Waals surface area contributed by atoms with Crippen molar-refractivity contribution in [3.63, 3.8) is 0 Å². The van der Waals surface area contributed by atoms with E-state index in [9.17, 15) is 4.79 Å². The number of carbonyl (C=O) groups excluding carboxylic acids is 1. The van der Waals surface area contributed by atoms with Gasteiger partial charge in [-0.2, -0.15) is 0 Å². The van der Waals surface area contributed by atoms with Crippen molar-refractivity contribution in [3.05, 3.63) is 0 Å². The molecule has 0 N–H and O–H groups in total. The molecule has 2 atom stereocenters. The van der Waals surface area contributed by atoms with Gasteiger partial charge in [-0.25, -0.2) is 0 Å². The van der Waals surface area contributed by atoms with Gasteiger partial charge in [-0.3, -0.25) is 4.79 Å². The number of hydrogen-bond acceptors (Lipinski definition) is 2. The number of unbranched alkanes of at least 4 members (excludes halogenated alkanes) is 15. The van der Waals surface area contributed by atoms with E-state index in [1.54, 1.807) is 0 Å². The van der Waals surface area contributed by atoms with Crippen molar-refractivity contribution in [2.45, 2.75) is 163 Å². The van der Waals surface area contributed by atoms with Crippen LogP contribution in [0.5, 0.6) is 0 Å². The van der Waals surface area contributed by atoms with Crippen LogP contribution in [0.15, 0.2) is 0 Å². The summed E-state index contributed by atoms with van der Waals surface area (Å²) in [4.78, 5) is 12.5. The second-order valence-corrected chi connectivity index (χ2v) is 9.89. The molecule has 2 heteroatoms. The molecule has 0 aromatic rings. The molecule has 0 aromatic heterocycles. The normalized spacial score (nSPS) is 13.3. The summed E-state index contributed by atoms with van der Waals surface area (Å²) in [5.41, 5.74) is 0. The lowest BCUT2D eigenvalue weighted by Crippen LogP contribution is -2.21. The first-order valence-electron chi connectivity index (χ1n) is 14.4. The van der Waals surface area contributed by atoms with E-state index in [1.165, 1.54) is 116 Å². The van der Waals surface area contributed by atoms with Gasteiger partial charge in [0.1, 0.15) is 0 Å². The van der Waals surface area contributed by atoms with Crippen LogP contribution >= 0.6 is 0 Å². The molecular weight excluding hydrogens is 380 g/mol. The number of esters is 1. The second kappa shape index (κ2) is 24.1. The van der Waals surface area contributed by atoms with E-state index in [0.717, 1.165) is 19.3 Å². The zero-order valence-corrected chi connectivity index (χ0v) is 22.0. The highest BCUT2D eigenvalue weighted by atomic mass is 16.5. The first-order chi connectivity index (χ1) is 15.2. The van der Waals surface area contributed by atoms with Gasteiger partial charge in [0.25, 0.3) is 0 Å². The average molecular weight is 439 g/mol. The van der Waals surface area contributed by atoms with Crippen LogP contribution in [0.25, 0.3) is 0 Å². The molecule has 0 fully saturated rings. The van der Waals surface area contributed by atoms with Gasteiger partial charge in [-0.05, 0) is 25.2 Å². The lowest BCUT2D eigenvalue weighted by atomic mass is 9.97. The van der Waals surface area contributed by atoms with E-state index in [1.807, 2.05) is 0 Å². The van der Waals surface area contributed by atoms with Crippen molar-refractivity contribution in [3.8, 4) is 0 Å². The molecule has 0 aliphatic carbocycles. The maximum atomic E-state index is 12.5. The molecular formula is C29H58O2. The smallest absolute Gasteiger partial charge is 0.308 e. The summed E-state index contributed by atoms with van der Waals surface area (Å²) in [5.74, 6) is 0.732. The molecule has 0 aliphatic heterocycles. The highest BCUT2D eigenvalue weighted by molar-refractivity contribution is 5.72. The van der Waals surface area contributed by atoms with Gasteiger partial charge in [0.05, 0.1) is 12.5 Å². The summed E-state index contributed by atoms with van der Waals surface area (Å²) in [6.45, 7) is 9.56. The third-order valence-electron chi connectivity index (χ3n) is 6.99. The molecule has 0 aromatic carbocycles. The zero-order chi connectivity index (χ0) is 23.0. The Hall–Kier alpha value is -0.530. The molecule has 0 spiro atoms. The minimum atomic E-state index is 0.0657. The zero-order valence-electron chi connectivity index (χ0n) is 22.0. The molecule has 0 saturated heterocycles. The molecule has 0 aliphatic rings. The number of rotatable bonds is 24. The minimum absolute atomic E-state index is 0.0657. The van der Waals surface area contributed by atoms with Gasteiger partial charge >= 0.3 is 5.97 Å². The number of hydrogen-bond donors (Lipinski definition) is 0. The summed E-state index contributed by atoms with van der Waals surface area (Å²) in [7, 11) is 0. The largest absolute Gasteiger partial charge is 0.465 e. The van der Waals surface area contributed by atoms with Crippen LogP contribution in [0.1, 0.15) is 163 Å². The molecule has 0 amide bonds. The Morgan fingerprint density at radius 3 is 1.39 bits per heavy atom. The number of carbonyl (C=O) groups is 1. The van der Waals surface area contributed by atoms with Crippen LogP contribution in [-0.4, -0.2) is 12.6 Å². The van der Waals surface area contributed by atoms with Crippen LogP contribution in [0, 0.1) is 11.8 Å². The first-order valence-corrected chi connectivity index (χ1v) is 14.4. The fourth-order valence-electron chi connectivity index (χ4n) is 4.48. The van der Waals surface area contributed by atoms with Gasteiger partial charge in [-0.1, -0.05) is 143 Å². The Labute approximate surface area is 196 Å². The van der Waals surface area contributed by atoms with Crippen molar-refractivity contribution in [2.24, 2.45) is 11.8 Å². The maximum Gasteiger partial charge on any atom is 0.308 e. The SMILES string of the molecule is CCCCCCCCCCCCCC(CC)C(=O)OCC(CC)CCCCCCCC. The summed E-state index contributed by atoms with van der Waals surface area (Å²) in [5, 5.41) is 0. The molecule has 31 heavy (non-hydrogen) atoms. The Kier molecular flexibility index (Phi) is 23.7. The lowest BCUT2D eigenvalue weighted by Gasteiger charge is -2.18. The van der Waals surface area contributed by atoms with E-state index >= 15 is 0 Å². The van der Waals surface area contributed by atoms with Gasteiger partial charge in [0, 0.05) is 0 Å². The summed E-state index contributed by atoms with van der Waals surface area (Å²) in [6, 6.07) is 0. The fourth-order valence-corrected chi connectivity index (χ4v) is 4.48. The third kappa shape index (κ3) is 19.9. The van der Waals surface area contributed by atoms with Crippen molar-refractivity contribution < 1.29 is 9.53 Å². The molecule has 0 rings (SSSR count). The quantitative estimate of drug-likeness (QED) is 0.111. The van der Waals surface area contributed by atoms with Gasteiger partial charge in [-0.15, -0.1) is 0 Å². The maximum absolute atomic E-state index is 12.5. The summed E-state index contributed by atoms with van der Waals surface area (Å²) >= 11 is 0. The van der Waals surface area contributed by atoms with Crippen molar-refractivity contribution in [1.82, 2.24) is 0 Å². The third-order valence-corrected chi connectivity index (χ3v) is 6.99. The molecule has 0 radical (unpaired) electrons. The van der Waals surface area contributed by atoms with Crippen molar-refractivity contribution in [2.75, 3.05) is 6.61 Å². The van der Waals surface area contributed by atoms with E-state index in [-0.39, 0.29) is 11.9 Å². The van der Waals surface area contributed by atoms with E-state index in [2.05, 4.69) is 27.7 Å². The highest BCUT2D eigenvalue weighted by Gasteiger charge is 2.19. The highest BCUT2D eigenvalue weighted by Crippen LogP contribution is 2.20. The van der Waals surface area contributed by atoms with E-state index < -0.39 is 0 Å². The van der Waals surface area contributed by atoms with E-state index in [4.69, 9.17) is 4.74 Å². The van der Waals surface area contributed by atoms with Crippen molar-refractivity contribution in [1.29, 1.82) is 0 Å². The van der Waals surface area contributed by atoms with E-state index in [0.29, 0.717) is 12.5 Å². The first kappa shape index (κ1) is 30.5. The Bertz CT molecular complexity index is 366. The monoisotopic (exact) mass is 438 g/mol. The molecule has 0 bridgehead atoms. The van der Waals surface area contributed by atoms with Gasteiger partial charge < -0.3 is 4.74 Å². The predicted molar refractivity (Wildman–Crippen MR) is 138 cm³/mol. The minimum Gasteiger partial charge on any atom is -0.465 e. The van der Waals surface area contributed by atoms with Crippen LogP contribution in [-0.2, 0) is 9.53 Å². The van der Waals surface area contributed by atoms with Crippen LogP contribution in [0.3, 0.4) is 0 Å². The van der Waals surface area contributed by atoms with Crippen LogP contribution in [0.2, 0.25) is 0 Å². The molecule has 0 saturated carbocycles. The lowest BCUT2D eigenvalue weighted by molar-refractivity contribution is -0.150. The van der Waals surface area contributed by atoms with Crippen LogP contribution < -0.4 is 0 Å². The predicted octanol–water partition coefficient (Wildman–Crippen LogP) is 10.0. The van der Waals surface area contributed by atoms with Crippen molar-refractivity contribution >= 4 is 5.97 Å². The molecule has 186 valence electrons. The topological polar surface area (TPSA) is 26.3 Å². The molecule has 2 nitrogen and oxygen atoms in total. The summed E-state index contributed by atoms with van der Waals surface area (Å²) in [6.07, 6.45) is 27.3. The summed E-state index contributed by atoms with van der Waals surface area (Å²) < 4.78 is 5.76. The standard InChI is InChI=1S/C29H58O2/c1-5-9-11-13-15-16-17-18-19-21-23-25-28(8-4)29(30)31-26-27(7-3)24-22-20-14-12-10-6-2/h27-28H,5-26H2,1-4H3. The molecule has 2 unspecified atom stereocenters. The Balaban J connectivity index is 3.74.